The molecular weight excluding hydrogens is 279 g/mol. The van der Waals surface area contributed by atoms with Crippen molar-refractivity contribution in [3.05, 3.63) is 35.4 Å². The number of amides is 1. The zero-order valence-corrected chi connectivity index (χ0v) is 10.8. The Balaban J connectivity index is 2.24. The van der Waals surface area contributed by atoms with Crippen molar-refractivity contribution in [3.63, 3.8) is 0 Å². The number of likely N-dealkylation sites (tertiary alicyclic amines) is 1. The molecule has 0 spiro atoms. The minimum atomic E-state index is -4.44. The molecule has 1 aliphatic rings. The fourth-order valence-corrected chi connectivity index (χ4v) is 2.58. The van der Waals surface area contributed by atoms with Gasteiger partial charge in [0, 0.05) is 24.0 Å². The van der Waals surface area contributed by atoms with Gasteiger partial charge in [0.25, 0.3) is 5.91 Å². The number of benzene rings is 1. The summed E-state index contributed by atoms with van der Waals surface area (Å²) in [7, 11) is 0. The van der Waals surface area contributed by atoms with Gasteiger partial charge in [0.05, 0.1) is 5.56 Å². The molecule has 0 aromatic heterocycles. The second-order valence-corrected chi connectivity index (χ2v) is 4.84. The van der Waals surface area contributed by atoms with E-state index in [9.17, 15) is 18.0 Å². The van der Waals surface area contributed by atoms with E-state index in [2.05, 4.69) is 0 Å². The third kappa shape index (κ3) is 3.03. The first-order valence-corrected chi connectivity index (χ1v) is 6.51. The smallest absolute Gasteiger partial charge is 0.334 e. The Morgan fingerprint density at radius 1 is 1.42 bits per heavy atom. The normalized spacial score (nSPS) is 19.8. The van der Waals surface area contributed by atoms with Crippen LogP contribution in [0.1, 0.15) is 28.8 Å². The van der Waals surface area contributed by atoms with Gasteiger partial charge in [-0.3, -0.25) is 4.79 Å². The summed E-state index contributed by atoms with van der Waals surface area (Å²) < 4.78 is 37.8. The molecule has 2 rings (SSSR count). The molecule has 0 saturated carbocycles. The number of hydrogen-bond acceptors (Lipinski definition) is 1. The Labute approximate surface area is 114 Å². The van der Waals surface area contributed by atoms with Crippen molar-refractivity contribution in [1.29, 1.82) is 0 Å². The molecule has 1 aromatic carbocycles. The molecule has 0 aliphatic carbocycles. The molecule has 104 valence electrons. The van der Waals surface area contributed by atoms with Crippen molar-refractivity contribution in [2.75, 3.05) is 12.4 Å². The molecule has 1 unspecified atom stereocenters. The van der Waals surface area contributed by atoms with Crippen LogP contribution in [0.15, 0.2) is 24.3 Å². The van der Waals surface area contributed by atoms with Gasteiger partial charge in [0.15, 0.2) is 0 Å². The minimum Gasteiger partial charge on any atom is -0.334 e. The number of carbonyl (C=O) groups excluding carboxylic acids is 1. The van der Waals surface area contributed by atoms with E-state index < -0.39 is 11.7 Å². The van der Waals surface area contributed by atoms with E-state index in [1.54, 1.807) is 4.90 Å². The van der Waals surface area contributed by atoms with Crippen LogP contribution in [0.25, 0.3) is 0 Å². The number of alkyl halides is 4. The highest BCUT2D eigenvalue weighted by Gasteiger charge is 2.33. The highest BCUT2D eigenvalue weighted by molar-refractivity contribution is 6.18. The lowest BCUT2D eigenvalue weighted by atomic mass is 10.1. The predicted molar refractivity (Wildman–Crippen MR) is 66.2 cm³/mol. The number of carbonyl (C=O) groups is 1. The average molecular weight is 292 g/mol. The van der Waals surface area contributed by atoms with Crippen LogP contribution in [0, 0.1) is 0 Å². The van der Waals surface area contributed by atoms with Crippen LogP contribution in [0.2, 0.25) is 0 Å². The second kappa shape index (κ2) is 5.41. The van der Waals surface area contributed by atoms with Crippen LogP contribution in [0.4, 0.5) is 13.2 Å². The van der Waals surface area contributed by atoms with Gasteiger partial charge >= 0.3 is 6.18 Å². The van der Waals surface area contributed by atoms with Crippen LogP contribution >= 0.6 is 11.6 Å². The fourth-order valence-electron chi connectivity index (χ4n) is 2.26. The van der Waals surface area contributed by atoms with Gasteiger partial charge in [-0.2, -0.15) is 13.2 Å². The van der Waals surface area contributed by atoms with E-state index in [4.69, 9.17) is 11.6 Å². The maximum atomic E-state index is 12.6. The molecule has 0 N–H and O–H groups in total. The van der Waals surface area contributed by atoms with Crippen molar-refractivity contribution in [1.82, 2.24) is 4.90 Å². The molecule has 2 nitrogen and oxygen atoms in total. The molecule has 1 aromatic rings. The summed E-state index contributed by atoms with van der Waals surface area (Å²) in [4.78, 5) is 13.8. The van der Waals surface area contributed by atoms with Crippen LogP contribution in [-0.4, -0.2) is 29.3 Å². The van der Waals surface area contributed by atoms with E-state index in [-0.39, 0.29) is 17.5 Å². The zero-order valence-electron chi connectivity index (χ0n) is 10.1. The number of nitrogens with zero attached hydrogens (tertiary/aromatic N) is 1. The molecule has 1 saturated heterocycles. The van der Waals surface area contributed by atoms with Crippen LogP contribution in [-0.2, 0) is 6.18 Å². The quantitative estimate of drug-likeness (QED) is 0.763. The molecule has 0 radical (unpaired) electrons. The first-order valence-electron chi connectivity index (χ1n) is 5.97. The molecule has 1 aliphatic heterocycles. The van der Waals surface area contributed by atoms with Crippen LogP contribution < -0.4 is 0 Å². The summed E-state index contributed by atoms with van der Waals surface area (Å²) in [5, 5.41) is 0. The van der Waals surface area contributed by atoms with Crippen LogP contribution in [0.5, 0.6) is 0 Å². The monoisotopic (exact) mass is 291 g/mol. The largest absolute Gasteiger partial charge is 0.416 e. The Kier molecular flexibility index (Phi) is 4.04. The van der Waals surface area contributed by atoms with Crippen molar-refractivity contribution < 1.29 is 18.0 Å². The van der Waals surface area contributed by atoms with E-state index in [0.29, 0.717) is 12.4 Å². The van der Waals surface area contributed by atoms with Crippen molar-refractivity contribution in [2.45, 2.75) is 25.1 Å². The van der Waals surface area contributed by atoms with Crippen molar-refractivity contribution in [3.8, 4) is 0 Å². The van der Waals surface area contributed by atoms with Crippen molar-refractivity contribution in [2.24, 2.45) is 0 Å². The topological polar surface area (TPSA) is 20.3 Å². The molecule has 6 heteroatoms. The molecule has 0 bridgehead atoms. The van der Waals surface area contributed by atoms with Gasteiger partial charge in [-0.25, -0.2) is 0 Å². The lowest BCUT2D eigenvalue weighted by Gasteiger charge is -2.23. The molecule has 1 amide bonds. The Hall–Kier alpha value is -1.23. The molecule has 1 atom stereocenters. The van der Waals surface area contributed by atoms with E-state index in [1.165, 1.54) is 12.1 Å². The van der Waals surface area contributed by atoms with Crippen LogP contribution in [0.3, 0.4) is 0 Å². The summed E-state index contributed by atoms with van der Waals surface area (Å²) in [6.45, 7) is 0.548. The maximum absolute atomic E-state index is 12.6. The van der Waals surface area contributed by atoms with E-state index >= 15 is 0 Å². The van der Waals surface area contributed by atoms with Gasteiger partial charge in [0.1, 0.15) is 0 Å². The maximum Gasteiger partial charge on any atom is 0.416 e. The summed E-state index contributed by atoms with van der Waals surface area (Å²) in [6, 6.07) is 4.43. The minimum absolute atomic E-state index is 0.0619. The molecule has 19 heavy (non-hydrogen) atoms. The standard InChI is InChI=1S/C13H13ClF3NO/c14-8-11-5-2-6-18(11)12(19)9-3-1-4-10(7-9)13(15,16)17/h1,3-4,7,11H,2,5-6,8H2. The number of halogens is 4. The number of rotatable bonds is 2. The highest BCUT2D eigenvalue weighted by Crippen LogP contribution is 2.30. The highest BCUT2D eigenvalue weighted by atomic mass is 35.5. The summed E-state index contributed by atoms with van der Waals surface area (Å²) in [6.07, 6.45) is -2.80. The lowest BCUT2D eigenvalue weighted by molar-refractivity contribution is -0.137. The molecular formula is C13H13ClF3NO. The van der Waals surface area contributed by atoms with Gasteiger partial charge < -0.3 is 4.90 Å². The van der Waals surface area contributed by atoms with Gasteiger partial charge in [-0.1, -0.05) is 6.07 Å². The fraction of sp³-hybridized carbons (Fsp3) is 0.462. The SMILES string of the molecule is O=C(c1cccc(C(F)(F)F)c1)N1CCCC1CCl. The Morgan fingerprint density at radius 2 is 2.16 bits per heavy atom. The summed E-state index contributed by atoms with van der Waals surface area (Å²) >= 11 is 5.76. The first-order chi connectivity index (χ1) is 8.93. The second-order valence-electron chi connectivity index (χ2n) is 4.53. The van der Waals surface area contributed by atoms with E-state index in [1.807, 2.05) is 0 Å². The molecule has 1 heterocycles. The Bertz CT molecular complexity index is 475. The zero-order chi connectivity index (χ0) is 14.0. The summed E-state index contributed by atoms with van der Waals surface area (Å²) in [5.41, 5.74) is -0.744. The first kappa shape index (κ1) is 14.2. The lowest BCUT2D eigenvalue weighted by Crippen LogP contribution is -2.36. The summed E-state index contributed by atoms with van der Waals surface area (Å²) in [5.74, 6) is -0.0701. The number of hydrogen-bond donors (Lipinski definition) is 0. The van der Waals surface area contributed by atoms with Gasteiger partial charge in [-0.15, -0.1) is 11.6 Å². The van der Waals surface area contributed by atoms with Gasteiger partial charge in [-0.05, 0) is 31.0 Å². The molecule has 1 fully saturated rings. The Morgan fingerprint density at radius 3 is 2.79 bits per heavy atom. The third-order valence-electron chi connectivity index (χ3n) is 3.25. The third-order valence-corrected chi connectivity index (χ3v) is 3.61. The van der Waals surface area contributed by atoms with Gasteiger partial charge in [0.2, 0.25) is 0 Å². The van der Waals surface area contributed by atoms with Crippen molar-refractivity contribution >= 4 is 17.5 Å². The average Bonchev–Trinajstić information content (AvgIpc) is 2.85. The predicted octanol–water partition coefficient (Wildman–Crippen LogP) is 3.55. The van der Waals surface area contributed by atoms with E-state index in [0.717, 1.165) is 25.0 Å².